The number of hydrogen-bond donors (Lipinski definition) is 1. The fourth-order valence-corrected chi connectivity index (χ4v) is 2.03. The molecule has 0 amide bonds. The molecule has 0 spiro atoms. The van der Waals surface area contributed by atoms with E-state index in [9.17, 15) is 4.39 Å². The molecule has 70 valence electrons. The molecule has 0 aliphatic heterocycles. The first-order chi connectivity index (χ1) is 6.27. The van der Waals surface area contributed by atoms with Crippen LogP contribution in [0, 0.1) is 5.82 Å². The van der Waals surface area contributed by atoms with Crippen LogP contribution in [0.15, 0.2) is 18.5 Å². The molecule has 2 rings (SSSR count). The molecular formula is C10H13FN2. The lowest BCUT2D eigenvalue weighted by molar-refractivity contribution is 0.587. The maximum atomic E-state index is 12.8. The van der Waals surface area contributed by atoms with Gasteiger partial charge in [0.25, 0.3) is 0 Å². The van der Waals surface area contributed by atoms with Crippen molar-refractivity contribution < 1.29 is 4.39 Å². The van der Waals surface area contributed by atoms with Gasteiger partial charge in [0.1, 0.15) is 5.82 Å². The molecule has 1 aliphatic rings. The van der Waals surface area contributed by atoms with Crippen LogP contribution in [0.3, 0.4) is 0 Å². The molecule has 0 bridgehead atoms. The van der Waals surface area contributed by atoms with Crippen molar-refractivity contribution in [1.29, 1.82) is 0 Å². The maximum absolute atomic E-state index is 12.8. The van der Waals surface area contributed by atoms with E-state index >= 15 is 0 Å². The average molecular weight is 180 g/mol. The van der Waals surface area contributed by atoms with Crippen LogP contribution in [0.4, 0.5) is 4.39 Å². The second kappa shape index (κ2) is 3.42. The van der Waals surface area contributed by atoms with Crippen molar-refractivity contribution in [3.05, 3.63) is 29.8 Å². The summed E-state index contributed by atoms with van der Waals surface area (Å²) >= 11 is 0. The van der Waals surface area contributed by atoms with Crippen LogP contribution in [0.5, 0.6) is 0 Å². The Kier molecular flexibility index (Phi) is 2.27. The molecule has 1 aliphatic carbocycles. The lowest BCUT2D eigenvalue weighted by Crippen LogP contribution is -2.22. The lowest BCUT2D eigenvalue weighted by Gasteiger charge is -2.14. The average Bonchev–Trinajstić information content (AvgIpc) is 2.51. The minimum absolute atomic E-state index is 0.184. The van der Waals surface area contributed by atoms with Crippen molar-refractivity contribution in [3.63, 3.8) is 0 Å². The van der Waals surface area contributed by atoms with E-state index in [1.807, 2.05) is 0 Å². The molecule has 1 heterocycles. The van der Waals surface area contributed by atoms with Crippen LogP contribution >= 0.6 is 0 Å². The topological polar surface area (TPSA) is 38.9 Å². The Bertz CT molecular complexity index is 301. The maximum Gasteiger partial charge on any atom is 0.141 e. The number of nitrogens with two attached hydrogens (primary N) is 1. The van der Waals surface area contributed by atoms with Gasteiger partial charge in [-0.1, -0.05) is 6.42 Å². The van der Waals surface area contributed by atoms with E-state index in [1.165, 1.54) is 6.20 Å². The van der Waals surface area contributed by atoms with Gasteiger partial charge >= 0.3 is 0 Å². The Balaban J connectivity index is 2.24. The number of pyridine rings is 1. The largest absolute Gasteiger partial charge is 0.327 e. The Morgan fingerprint density at radius 1 is 1.38 bits per heavy atom. The summed E-state index contributed by atoms with van der Waals surface area (Å²) in [5, 5.41) is 0. The number of hydrogen-bond acceptors (Lipinski definition) is 2. The highest BCUT2D eigenvalue weighted by Gasteiger charge is 2.25. The van der Waals surface area contributed by atoms with Gasteiger partial charge in [-0.05, 0) is 24.5 Å². The van der Waals surface area contributed by atoms with E-state index in [-0.39, 0.29) is 11.9 Å². The molecule has 2 nitrogen and oxygen atoms in total. The molecule has 2 atom stereocenters. The molecule has 0 radical (unpaired) electrons. The van der Waals surface area contributed by atoms with E-state index < -0.39 is 0 Å². The predicted molar refractivity (Wildman–Crippen MR) is 48.8 cm³/mol. The molecule has 2 N–H and O–H groups in total. The molecule has 3 heteroatoms. The van der Waals surface area contributed by atoms with Gasteiger partial charge in [-0.15, -0.1) is 0 Å². The zero-order chi connectivity index (χ0) is 9.26. The summed E-state index contributed by atoms with van der Waals surface area (Å²) in [6.45, 7) is 0. The number of aromatic nitrogens is 1. The highest BCUT2D eigenvalue weighted by atomic mass is 19.1. The van der Waals surface area contributed by atoms with Crippen molar-refractivity contribution in [1.82, 2.24) is 4.98 Å². The predicted octanol–water partition coefficient (Wildman–Crippen LogP) is 1.82. The normalized spacial score (nSPS) is 27.8. The first kappa shape index (κ1) is 8.63. The number of nitrogens with zero attached hydrogens (tertiary/aromatic N) is 1. The Labute approximate surface area is 77.0 Å². The standard InChI is InChI=1S/C10H13FN2/c11-8-4-7(5-13-6-8)9-2-1-3-10(9)12/h4-6,9-10H,1-3,12H2. The Morgan fingerprint density at radius 2 is 2.23 bits per heavy atom. The molecule has 13 heavy (non-hydrogen) atoms. The molecule has 1 saturated carbocycles. The van der Waals surface area contributed by atoms with Crippen molar-refractivity contribution >= 4 is 0 Å². The minimum Gasteiger partial charge on any atom is -0.327 e. The van der Waals surface area contributed by atoms with E-state index in [1.54, 1.807) is 12.3 Å². The van der Waals surface area contributed by atoms with E-state index in [4.69, 9.17) is 5.73 Å². The van der Waals surface area contributed by atoms with Crippen LogP contribution in [0.1, 0.15) is 30.7 Å². The van der Waals surface area contributed by atoms with Gasteiger partial charge in [-0.2, -0.15) is 0 Å². The molecular weight excluding hydrogens is 167 g/mol. The quantitative estimate of drug-likeness (QED) is 0.716. The Hall–Kier alpha value is -0.960. The van der Waals surface area contributed by atoms with Crippen molar-refractivity contribution in [2.24, 2.45) is 5.73 Å². The fourth-order valence-electron chi connectivity index (χ4n) is 2.03. The summed E-state index contributed by atoms with van der Waals surface area (Å²) in [5.74, 6) is 0.0415. The third-order valence-corrected chi connectivity index (χ3v) is 2.72. The van der Waals surface area contributed by atoms with Crippen molar-refractivity contribution in [3.8, 4) is 0 Å². The van der Waals surface area contributed by atoms with Crippen LogP contribution in [0.25, 0.3) is 0 Å². The first-order valence-electron chi connectivity index (χ1n) is 4.63. The van der Waals surface area contributed by atoms with Crippen molar-refractivity contribution in [2.45, 2.75) is 31.2 Å². The fraction of sp³-hybridized carbons (Fsp3) is 0.500. The molecule has 2 unspecified atom stereocenters. The SMILES string of the molecule is NC1CCCC1c1cncc(F)c1. The van der Waals surface area contributed by atoms with Gasteiger partial charge in [0.05, 0.1) is 6.20 Å². The molecule has 1 fully saturated rings. The number of rotatable bonds is 1. The van der Waals surface area contributed by atoms with Gasteiger partial charge in [-0.25, -0.2) is 4.39 Å². The minimum atomic E-state index is -0.267. The summed E-state index contributed by atoms with van der Waals surface area (Å²) < 4.78 is 12.8. The van der Waals surface area contributed by atoms with Crippen molar-refractivity contribution in [2.75, 3.05) is 0 Å². The summed E-state index contributed by atoms with van der Waals surface area (Å²) in [4.78, 5) is 3.83. The monoisotopic (exact) mass is 180 g/mol. The van der Waals surface area contributed by atoms with E-state index in [0.29, 0.717) is 5.92 Å². The molecule has 0 aromatic carbocycles. The van der Waals surface area contributed by atoms with Gasteiger partial charge < -0.3 is 5.73 Å². The third-order valence-electron chi connectivity index (χ3n) is 2.72. The van der Waals surface area contributed by atoms with Crippen LogP contribution in [-0.4, -0.2) is 11.0 Å². The van der Waals surface area contributed by atoms with Gasteiger partial charge in [-0.3, -0.25) is 4.98 Å². The van der Waals surface area contributed by atoms with E-state index in [0.717, 1.165) is 24.8 Å². The lowest BCUT2D eigenvalue weighted by atomic mass is 9.96. The van der Waals surface area contributed by atoms with E-state index in [2.05, 4.69) is 4.98 Å². The number of halogens is 1. The van der Waals surface area contributed by atoms with Gasteiger partial charge in [0.2, 0.25) is 0 Å². The van der Waals surface area contributed by atoms with Gasteiger partial charge in [0, 0.05) is 18.2 Å². The van der Waals surface area contributed by atoms with Gasteiger partial charge in [0.15, 0.2) is 0 Å². The zero-order valence-corrected chi connectivity index (χ0v) is 7.41. The van der Waals surface area contributed by atoms with Crippen LogP contribution in [-0.2, 0) is 0 Å². The zero-order valence-electron chi connectivity index (χ0n) is 7.41. The summed E-state index contributed by atoms with van der Waals surface area (Å²) in [6.07, 6.45) is 6.19. The molecule has 1 aromatic rings. The highest BCUT2D eigenvalue weighted by molar-refractivity contribution is 5.19. The second-order valence-corrected chi connectivity index (χ2v) is 3.64. The Morgan fingerprint density at radius 3 is 2.85 bits per heavy atom. The van der Waals surface area contributed by atoms with Crippen LogP contribution < -0.4 is 5.73 Å². The highest BCUT2D eigenvalue weighted by Crippen LogP contribution is 2.32. The summed E-state index contributed by atoms with van der Waals surface area (Å²) in [5.41, 5.74) is 6.86. The first-order valence-corrected chi connectivity index (χ1v) is 4.63. The molecule has 1 aromatic heterocycles. The summed E-state index contributed by atoms with van der Waals surface area (Å²) in [7, 11) is 0. The smallest absolute Gasteiger partial charge is 0.141 e. The summed E-state index contributed by atoms with van der Waals surface area (Å²) in [6, 6.07) is 1.73. The second-order valence-electron chi connectivity index (χ2n) is 3.64. The third kappa shape index (κ3) is 1.70. The molecule has 0 saturated heterocycles. The van der Waals surface area contributed by atoms with Crippen LogP contribution in [0.2, 0.25) is 0 Å².